The second-order valence-electron chi connectivity index (χ2n) is 2.30. The Balaban J connectivity index is 0. The van der Waals surface area contributed by atoms with Crippen LogP contribution in [0.5, 0.6) is 0 Å². The molecule has 0 radical (unpaired) electrons. The minimum Gasteiger partial charge on any atom is -0.230 e. The zero-order valence-electron chi connectivity index (χ0n) is 7.89. The van der Waals surface area contributed by atoms with Gasteiger partial charge in [0.2, 0.25) is 5.83 Å². The third kappa shape index (κ3) is 7.29. The van der Waals surface area contributed by atoms with Gasteiger partial charge in [-0.2, -0.15) is 30.7 Å². The van der Waals surface area contributed by atoms with E-state index in [9.17, 15) is 39.5 Å². The third-order valence-corrected chi connectivity index (χ3v) is 1.82. The Hall–Kier alpha value is -0.190. The molecule has 18 heavy (non-hydrogen) atoms. The second-order valence-corrected chi connectivity index (χ2v) is 4.17. The Morgan fingerprint density at radius 1 is 1.06 bits per heavy atom. The van der Waals surface area contributed by atoms with Crippen LogP contribution in [0.4, 0.5) is 39.5 Å². The largest absolute Gasteiger partial charge is 0.376 e. The van der Waals surface area contributed by atoms with E-state index in [0.29, 0.717) is 0 Å². The monoisotopic (exact) mass is 416 g/mol. The van der Waals surface area contributed by atoms with E-state index in [2.05, 4.69) is 15.9 Å². The minimum absolute atomic E-state index is 0.152. The van der Waals surface area contributed by atoms with Gasteiger partial charge in [-0.15, -0.1) is 0 Å². The third-order valence-electron chi connectivity index (χ3n) is 1.02. The van der Waals surface area contributed by atoms with Crippen molar-refractivity contribution in [3.8, 4) is 0 Å². The molecule has 0 aliphatic rings. The summed E-state index contributed by atoms with van der Waals surface area (Å²) in [5.74, 6) is -8.98. The molecule has 108 valence electrons. The fourth-order valence-electron chi connectivity index (χ4n) is 0.298. The van der Waals surface area contributed by atoms with E-state index < -0.39 is 27.7 Å². The Morgan fingerprint density at radius 2 is 1.44 bits per heavy atom. The van der Waals surface area contributed by atoms with E-state index in [1.165, 1.54) is 0 Å². The van der Waals surface area contributed by atoms with Gasteiger partial charge in [0, 0.05) is 0 Å². The quantitative estimate of drug-likeness (QED) is 0.399. The number of rotatable bonds is 3. The highest BCUT2D eigenvalue weighted by molar-refractivity contribution is 9.10. The standard InChI is InChI=1S/C4BrF7.C3H3BrF2/c5-4(11,12)3(9,10)1(6)2(7)8;4-3(6)1-2-5/h;1-3H. The van der Waals surface area contributed by atoms with E-state index in [1.807, 2.05) is 0 Å². The molecule has 0 nitrogen and oxygen atoms in total. The van der Waals surface area contributed by atoms with Gasteiger partial charge in [0.1, 0.15) is 0 Å². The highest BCUT2D eigenvalue weighted by atomic mass is 79.9. The summed E-state index contributed by atoms with van der Waals surface area (Å²) in [5.41, 5.74) is 0. The first-order valence-corrected chi connectivity index (χ1v) is 5.29. The van der Waals surface area contributed by atoms with Crippen molar-refractivity contribution in [2.45, 2.75) is 15.8 Å². The van der Waals surface area contributed by atoms with Gasteiger partial charge in [0.05, 0.1) is 6.33 Å². The number of halogens is 11. The van der Waals surface area contributed by atoms with Gasteiger partial charge >= 0.3 is 16.8 Å². The van der Waals surface area contributed by atoms with Crippen molar-refractivity contribution in [3.05, 3.63) is 24.3 Å². The number of allylic oxidation sites excluding steroid dienone is 2. The van der Waals surface area contributed by atoms with E-state index in [-0.39, 0.29) is 6.33 Å². The summed E-state index contributed by atoms with van der Waals surface area (Å²) in [5, 5.41) is -1.34. The molecule has 0 aliphatic carbocycles. The summed E-state index contributed by atoms with van der Waals surface area (Å²) in [7, 11) is 0. The van der Waals surface area contributed by atoms with Crippen LogP contribution < -0.4 is 0 Å². The van der Waals surface area contributed by atoms with Crippen LogP contribution in [-0.4, -0.2) is 15.8 Å². The Labute approximate surface area is 112 Å². The van der Waals surface area contributed by atoms with Crippen molar-refractivity contribution >= 4 is 31.9 Å². The van der Waals surface area contributed by atoms with Gasteiger partial charge in [-0.3, -0.25) is 0 Å². The maximum atomic E-state index is 11.9. The molecule has 0 spiro atoms. The lowest BCUT2D eigenvalue weighted by Crippen LogP contribution is -2.35. The van der Waals surface area contributed by atoms with E-state index >= 15 is 0 Å². The Bertz CT molecular complexity index is 301. The molecule has 0 aromatic heterocycles. The van der Waals surface area contributed by atoms with Crippen molar-refractivity contribution in [2.75, 3.05) is 0 Å². The predicted molar refractivity (Wildman–Crippen MR) is 53.2 cm³/mol. The van der Waals surface area contributed by atoms with E-state index in [1.54, 1.807) is 0 Å². The molecule has 0 fully saturated rings. The molecule has 0 bridgehead atoms. The second kappa shape index (κ2) is 8.08. The molecule has 1 unspecified atom stereocenters. The lowest BCUT2D eigenvalue weighted by atomic mass is 10.3. The fourth-order valence-corrected chi connectivity index (χ4v) is 0.588. The van der Waals surface area contributed by atoms with Gasteiger partial charge in [0.15, 0.2) is 5.08 Å². The molecule has 11 heteroatoms. The first-order chi connectivity index (χ1) is 7.87. The highest BCUT2D eigenvalue weighted by Crippen LogP contribution is 2.45. The smallest absolute Gasteiger partial charge is 0.230 e. The molecule has 0 aromatic carbocycles. The number of hydrogen-bond acceptors (Lipinski definition) is 0. The summed E-state index contributed by atoms with van der Waals surface area (Å²) in [6, 6.07) is 0. The van der Waals surface area contributed by atoms with Crippen LogP contribution in [0.2, 0.25) is 0 Å². The molecule has 0 aromatic rings. The molecule has 0 rings (SSSR count). The van der Waals surface area contributed by atoms with Crippen LogP contribution in [-0.2, 0) is 0 Å². The molecular weight excluding hydrogens is 415 g/mol. The van der Waals surface area contributed by atoms with Crippen molar-refractivity contribution < 1.29 is 39.5 Å². The first-order valence-electron chi connectivity index (χ1n) is 3.58. The lowest BCUT2D eigenvalue weighted by Gasteiger charge is -2.18. The summed E-state index contributed by atoms with van der Waals surface area (Å²) in [6.07, 6.45) is -2.57. The molecule has 0 saturated carbocycles. The molecule has 0 aliphatic heterocycles. The summed E-state index contributed by atoms with van der Waals surface area (Å²) >= 11 is 3.52. The minimum atomic E-state index is -5.54. The maximum Gasteiger partial charge on any atom is 0.376 e. The van der Waals surface area contributed by atoms with Crippen LogP contribution in [0, 0.1) is 0 Å². The van der Waals surface area contributed by atoms with Crippen LogP contribution in [0.25, 0.3) is 0 Å². The lowest BCUT2D eigenvalue weighted by molar-refractivity contribution is -0.134. The van der Waals surface area contributed by atoms with Crippen LogP contribution in [0.3, 0.4) is 0 Å². The zero-order valence-corrected chi connectivity index (χ0v) is 11.1. The SMILES string of the molecule is FC(F)=C(F)C(F)(F)C(F)(F)Br.FC=CC(F)Br. The molecule has 0 amide bonds. The zero-order chi connectivity index (χ0) is 15.1. The van der Waals surface area contributed by atoms with E-state index in [4.69, 9.17) is 0 Å². The van der Waals surface area contributed by atoms with Crippen LogP contribution in [0.1, 0.15) is 0 Å². The van der Waals surface area contributed by atoms with Crippen LogP contribution >= 0.6 is 31.9 Å². The summed E-state index contributed by atoms with van der Waals surface area (Å²) in [4.78, 5) is -5.03. The van der Waals surface area contributed by atoms with Gasteiger partial charge in [-0.1, -0.05) is 0 Å². The molecular formula is C7H3Br2F9. The Kier molecular flexibility index (Phi) is 9.03. The van der Waals surface area contributed by atoms with Crippen molar-refractivity contribution in [1.82, 2.24) is 0 Å². The Morgan fingerprint density at radius 3 is 1.50 bits per heavy atom. The first kappa shape index (κ1) is 20.1. The molecule has 0 N–H and O–H groups in total. The maximum absolute atomic E-state index is 11.9. The van der Waals surface area contributed by atoms with Gasteiger partial charge in [-0.05, 0) is 37.9 Å². The van der Waals surface area contributed by atoms with Crippen molar-refractivity contribution in [3.63, 3.8) is 0 Å². The molecule has 1 atom stereocenters. The number of alkyl halides is 7. The fraction of sp³-hybridized carbons (Fsp3) is 0.429. The molecule has 0 heterocycles. The van der Waals surface area contributed by atoms with Gasteiger partial charge < -0.3 is 0 Å². The number of hydrogen-bond donors (Lipinski definition) is 0. The van der Waals surface area contributed by atoms with Crippen molar-refractivity contribution in [1.29, 1.82) is 0 Å². The summed E-state index contributed by atoms with van der Waals surface area (Å²) < 4.78 is 103. The normalized spacial score (nSPS) is 13.9. The summed E-state index contributed by atoms with van der Waals surface area (Å²) in [6.45, 7) is 0. The van der Waals surface area contributed by atoms with Gasteiger partial charge in [-0.25, -0.2) is 8.78 Å². The van der Waals surface area contributed by atoms with Crippen molar-refractivity contribution in [2.24, 2.45) is 0 Å². The predicted octanol–water partition coefficient (Wildman–Crippen LogP) is 5.85. The van der Waals surface area contributed by atoms with Crippen LogP contribution in [0.15, 0.2) is 24.3 Å². The average molecular weight is 418 g/mol. The highest BCUT2D eigenvalue weighted by Gasteiger charge is 2.60. The van der Waals surface area contributed by atoms with E-state index in [0.717, 1.165) is 22.0 Å². The molecule has 0 saturated heterocycles. The topological polar surface area (TPSA) is 0 Å². The van der Waals surface area contributed by atoms with Gasteiger partial charge in [0.25, 0.3) is 0 Å². The average Bonchev–Trinajstić information content (AvgIpc) is 2.15.